The lowest BCUT2D eigenvalue weighted by Crippen LogP contribution is -2.31. The Balaban J connectivity index is 2.27. The molecule has 0 bridgehead atoms. The first-order valence-electron chi connectivity index (χ1n) is 8.33. The van der Waals surface area contributed by atoms with Crippen molar-refractivity contribution in [1.29, 1.82) is 0 Å². The average molecular weight is 396 g/mol. The summed E-state index contributed by atoms with van der Waals surface area (Å²) < 4.78 is 41.4. The number of primary amides is 1. The molecule has 0 saturated carbocycles. The monoisotopic (exact) mass is 396 g/mol. The van der Waals surface area contributed by atoms with Crippen LogP contribution in [0.2, 0.25) is 0 Å². The number of nitrogens with two attached hydrogens (primary N) is 1. The molecule has 150 valence electrons. The van der Waals surface area contributed by atoms with E-state index in [2.05, 4.69) is 14.7 Å². The van der Waals surface area contributed by atoms with Crippen molar-refractivity contribution < 1.29 is 27.5 Å². The summed E-state index contributed by atoms with van der Waals surface area (Å²) in [5.74, 6) is -0.844. The highest BCUT2D eigenvalue weighted by atomic mass is 19.4. The van der Waals surface area contributed by atoms with E-state index in [1.807, 2.05) is 0 Å². The van der Waals surface area contributed by atoms with Crippen LogP contribution < -0.4 is 15.4 Å². The summed E-state index contributed by atoms with van der Waals surface area (Å²) in [6, 6.07) is 5.66. The van der Waals surface area contributed by atoms with E-state index in [9.17, 15) is 22.8 Å². The number of aromatic nitrogens is 2. The van der Waals surface area contributed by atoms with Gasteiger partial charge in [0.25, 0.3) is 0 Å². The Kier molecular flexibility index (Phi) is 6.55. The number of hydrogen-bond acceptors (Lipinski definition) is 5. The summed E-state index contributed by atoms with van der Waals surface area (Å²) >= 11 is 0. The lowest BCUT2D eigenvalue weighted by Gasteiger charge is -2.22. The molecule has 2 N–H and O–H groups in total. The molecule has 0 atom stereocenters. The molecule has 0 spiro atoms. The third kappa shape index (κ3) is 5.66. The van der Waals surface area contributed by atoms with Gasteiger partial charge in [-0.15, -0.1) is 0 Å². The maximum atomic E-state index is 12.4. The van der Waals surface area contributed by atoms with Crippen LogP contribution in [0.5, 0.6) is 5.88 Å². The molecule has 0 unspecified atom stereocenters. The maximum Gasteiger partial charge on any atom is 0.422 e. The van der Waals surface area contributed by atoms with Crippen LogP contribution in [0.3, 0.4) is 0 Å². The van der Waals surface area contributed by atoms with Gasteiger partial charge in [0.2, 0.25) is 17.7 Å². The molecule has 2 amide bonds. The van der Waals surface area contributed by atoms with Gasteiger partial charge in [-0.25, -0.2) is 9.97 Å². The maximum absolute atomic E-state index is 12.4. The van der Waals surface area contributed by atoms with Crippen molar-refractivity contribution in [2.45, 2.75) is 33.0 Å². The van der Waals surface area contributed by atoms with E-state index in [1.165, 1.54) is 35.4 Å². The number of rotatable bonds is 7. The fourth-order valence-electron chi connectivity index (χ4n) is 2.35. The topological polar surface area (TPSA) is 98.4 Å². The van der Waals surface area contributed by atoms with Crippen molar-refractivity contribution >= 4 is 17.6 Å². The summed E-state index contributed by atoms with van der Waals surface area (Å²) in [5.41, 5.74) is 6.46. The zero-order valence-corrected chi connectivity index (χ0v) is 15.3. The molecule has 2 heterocycles. The Bertz CT molecular complexity index is 871. The zero-order chi connectivity index (χ0) is 20.9. The van der Waals surface area contributed by atoms with Crippen LogP contribution in [-0.2, 0) is 11.3 Å². The van der Waals surface area contributed by atoms with Crippen LogP contribution in [0.4, 0.5) is 19.0 Å². The normalized spacial score (nSPS) is 11.2. The van der Waals surface area contributed by atoms with Crippen LogP contribution in [0.25, 0.3) is 0 Å². The van der Waals surface area contributed by atoms with Gasteiger partial charge in [-0.2, -0.15) is 13.2 Å². The smallest absolute Gasteiger partial charge is 0.422 e. The van der Waals surface area contributed by atoms with Crippen molar-refractivity contribution in [3.63, 3.8) is 0 Å². The van der Waals surface area contributed by atoms with E-state index in [4.69, 9.17) is 5.73 Å². The van der Waals surface area contributed by atoms with E-state index in [0.717, 1.165) is 0 Å². The predicted molar refractivity (Wildman–Crippen MR) is 94.8 cm³/mol. The van der Waals surface area contributed by atoms with Gasteiger partial charge in [0.15, 0.2) is 6.61 Å². The van der Waals surface area contributed by atoms with Gasteiger partial charge in [-0.3, -0.25) is 14.5 Å². The van der Waals surface area contributed by atoms with Crippen LogP contribution in [0.1, 0.15) is 35.0 Å². The Morgan fingerprint density at radius 1 is 1.25 bits per heavy atom. The van der Waals surface area contributed by atoms with Crippen molar-refractivity contribution in [3.05, 3.63) is 47.3 Å². The molecule has 2 aromatic heterocycles. The van der Waals surface area contributed by atoms with Gasteiger partial charge in [-0.05, 0) is 24.6 Å². The number of carbonyl (C=O) groups excluding carboxylic acids is 2. The minimum absolute atomic E-state index is 0.0697. The van der Waals surface area contributed by atoms with Crippen LogP contribution >= 0.6 is 0 Å². The van der Waals surface area contributed by atoms with Crippen LogP contribution in [0, 0.1) is 6.92 Å². The Morgan fingerprint density at radius 2 is 1.96 bits per heavy atom. The highest BCUT2D eigenvalue weighted by molar-refractivity contribution is 5.96. The highest BCUT2D eigenvalue weighted by Gasteiger charge is 2.28. The second-order valence-electron chi connectivity index (χ2n) is 5.90. The SMILES string of the molecule is CCC(=O)N(Cc1ccc(OCC(F)(F)F)nc1C)c1cc(C(N)=O)ccn1. The number of carbonyl (C=O) groups is 2. The fraction of sp³-hybridized carbons (Fsp3) is 0.333. The molecule has 0 aromatic carbocycles. The first-order valence-corrected chi connectivity index (χ1v) is 8.33. The number of aryl methyl sites for hydroxylation is 1. The van der Waals surface area contributed by atoms with Gasteiger partial charge in [0.05, 0.1) is 6.54 Å². The fourth-order valence-corrected chi connectivity index (χ4v) is 2.35. The van der Waals surface area contributed by atoms with Gasteiger partial charge < -0.3 is 10.5 Å². The number of pyridine rings is 2. The first kappa shape index (κ1) is 21.1. The minimum atomic E-state index is -4.46. The molecule has 0 aliphatic heterocycles. The number of alkyl halides is 3. The molecule has 0 aliphatic carbocycles. The molecule has 2 aromatic rings. The van der Waals surface area contributed by atoms with Crippen LogP contribution in [-0.4, -0.2) is 34.6 Å². The molecule has 0 radical (unpaired) electrons. The summed E-state index contributed by atoms with van der Waals surface area (Å²) in [4.78, 5) is 33.2. The van der Waals surface area contributed by atoms with Gasteiger partial charge in [0.1, 0.15) is 5.82 Å². The van der Waals surface area contributed by atoms with Gasteiger partial charge in [0, 0.05) is 29.9 Å². The number of ether oxygens (including phenoxy) is 1. The van der Waals surface area contributed by atoms with Gasteiger partial charge >= 0.3 is 6.18 Å². The summed E-state index contributed by atoms with van der Waals surface area (Å²) in [6.07, 6.45) is -2.91. The summed E-state index contributed by atoms with van der Waals surface area (Å²) in [5, 5.41) is 0. The Hall–Kier alpha value is -3.17. The van der Waals surface area contributed by atoms with Crippen molar-refractivity contribution in [3.8, 4) is 5.88 Å². The number of hydrogen-bond donors (Lipinski definition) is 1. The lowest BCUT2D eigenvalue weighted by atomic mass is 10.1. The number of anilines is 1. The van der Waals surface area contributed by atoms with Crippen molar-refractivity contribution in [2.75, 3.05) is 11.5 Å². The number of halogens is 3. The van der Waals surface area contributed by atoms with Crippen molar-refractivity contribution in [1.82, 2.24) is 9.97 Å². The van der Waals surface area contributed by atoms with E-state index in [0.29, 0.717) is 11.3 Å². The third-order valence-corrected chi connectivity index (χ3v) is 3.79. The third-order valence-electron chi connectivity index (χ3n) is 3.79. The van der Waals surface area contributed by atoms with E-state index in [1.54, 1.807) is 13.8 Å². The number of nitrogens with zero attached hydrogens (tertiary/aromatic N) is 3. The summed E-state index contributed by atoms with van der Waals surface area (Å²) in [7, 11) is 0. The van der Waals surface area contributed by atoms with E-state index >= 15 is 0 Å². The molecule has 0 saturated heterocycles. The lowest BCUT2D eigenvalue weighted by molar-refractivity contribution is -0.154. The average Bonchev–Trinajstić information content (AvgIpc) is 2.64. The second-order valence-corrected chi connectivity index (χ2v) is 5.90. The zero-order valence-electron chi connectivity index (χ0n) is 15.3. The Labute approximate surface area is 159 Å². The summed E-state index contributed by atoms with van der Waals surface area (Å²) in [6.45, 7) is 1.90. The van der Waals surface area contributed by atoms with Gasteiger partial charge in [-0.1, -0.05) is 13.0 Å². The largest absolute Gasteiger partial charge is 0.468 e. The number of amides is 2. The molecule has 0 aliphatic rings. The predicted octanol–water partition coefficient (Wildman–Crippen LogP) is 2.77. The molecule has 28 heavy (non-hydrogen) atoms. The molecule has 2 rings (SSSR count). The molecule has 0 fully saturated rings. The molecular weight excluding hydrogens is 377 g/mol. The first-order chi connectivity index (χ1) is 13.1. The Morgan fingerprint density at radius 3 is 2.54 bits per heavy atom. The van der Waals surface area contributed by atoms with E-state index < -0.39 is 18.7 Å². The quantitative estimate of drug-likeness (QED) is 0.776. The molecule has 7 nitrogen and oxygen atoms in total. The van der Waals surface area contributed by atoms with Crippen molar-refractivity contribution in [2.24, 2.45) is 5.73 Å². The molecule has 10 heteroatoms. The minimum Gasteiger partial charge on any atom is -0.468 e. The highest BCUT2D eigenvalue weighted by Crippen LogP contribution is 2.22. The second kappa shape index (κ2) is 8.68. The molecular formula is C18H19F3N4O3. The van der Waals surface area contributed by atoms with E-state index in [-0.39, 0.29) is 36.1 Å². The standard InChI is InChI=1S/C18H19F3N4O3/c1-3-16(26)25(14-8-12(17(22)27)6-7-23-14)9-13-4-5-15(24-11(13)2)28-10-18(19,20)21/h4-8H,3,9-10H2,1-2H3,(H2,22,27). The van der Waals surface area contributed by atoms with Crippen LogP contribution in [0.15, 0.2) is 30.5 Å².